The molecule has 7 nitrogen and oxygen atoms in total. The van der Waals surface area contributed by atoms with Crippen molar-refractivity contribution in [1.82, 2.24) is 14.8 Å². The van der Waals surface area contributed by atoms with Crippen LogP contribution >= 0.6 is 11.3 Å². The Morgan fingerprint density at radius 2 is 1.66 bits per heavy atom. The summed E-state index contributed by atoms with van der Waals surface area (Å²) in [6, 6.07) is 28.7. The predicted molar refractivity (Wildman–Crippen MR) is 137 cm³/mol. The van der Waals surface area contributed by atoms with E-state index in [0.717, 1.165) is 21.5 Å². The van der Waals surface area contributed by atoms with Crippen molar-refractivity contribution in [3.05, 3.63) is 102 Å². The highest BCUT2D eigenvalue weighted by atomic mass is 32.1. The monoisotopic (exact) mass is 480 g/mol. The van der Waals surface area contributed by atoms with Crippen LogP contribution in [0.2, 0.25) is 0 Å². The summed E-state index contributed by atoms with van der Waals surface area (Å²) < 4.78 is 7.80. The highest BCUT2D eigenvalue weighted by Gasteiger charge is 2.14. The third kappa shape index (κ3) is 5.34. The third-order valence-corrected chi connectivity index (χ3v) is 6.07. The fraction of sp³-hybridized carbons (Fsp3) is 0.0370. The molecule has 8 heteroatoms. The van der Waals surface area contributed by atoms with Gasteiger partial charge in [0.15, 0.2) is 6.61 Å². The average Bonchev–Trinajstić information content (AvgIpc) is 3.51. The van der Waals surface area contributed by atoms with Gasteiger partial charge in [-0.15, -0.1) is 11.3 Å². The largest absolute Gasteiger partial charge is 0.452 e. The summed E-state index contributed by atoms with van der Waals surface area (Å²) in [5.74, 6) is -0.620. The molecule has 0 radical (unpaired) electrons. The zero-order chi connectivity index (χ0) is 24.0. The van der Waals surface area contributed by atoms with E-state index in [1.54, 1.807) is 16.8 Å². The maximum absolute atomic E-state index is 12.6. The van der Waals surface area contributed by atoms with Crippen molar-refractivity contribution >= 4 is 45.3 Å². The van der Waals surface area contributed by atoms with Crippen LogP contribution in [0, 0.1) is 0 Å². The minimum Gasteiger partial charge on any atom is -0.452 e. The Hall–Kier alpha value is -4.56. The lowest BCUT2D eigenvalue weighted by molar-refractivity contribution is -0.142. The Balaban J connectivity index is 1.26. The number of carbonyl (C=O) groups excluding carboxylic acids is 2. The maximum Gasteiger partial charge on any atom is 0.331 e. The van der Waals surface area contributed by atoms with Crippen LogP contribution < -0.4 is 5.32 Å². The summed E-state index contributed by atoms with van der Waals surface area (Å²) in [7, 11) is 0. The number of carbonyl (C=O) groups is 2. The number of aromatic nitrogens is 3. The molecule has 0 unspecified atom stereocenters. The zero-order valence-corrected chi connectivity index (χ0v) is 19.3. The molecule has 172 valence electrons. The fourth-order valence-electron chi connectivity index (χ4n) is 3.45. The molecule has 0 saturated heterocycles. The number of rotatable bonds is 7. The van der Waals surface area contributed by atoms with Crippen LogP contribution in [0.3, 0.4) is 0 Å². The molecule has 1 amide bonds. The van der Waals surface area contributed by atoms with Crippen molar-refractivity contribution in [2.24, 2.45) is 0 Å². The second-order valence-corrected chi connectivity index (χ2v) is 8.60. The van der Waals surface area contributed by atoms with Crippen LogP contribution in [0.5, 0.6) is 0 Å². The van der Waals surface area contributed by atoms with Crippen molar-refractivity contribution in [1.29, 1.82) is 0 Å². The van der Waals surface area contributed by atoms with Crippen LogP contribution in [-0.4, -0.2) is 33.2 Å². The molecule has 0 bridgehead atoms. The number of hydrogen-bond acceptors (Lipinski definition) is 6. The van der Waals surface area contributed by atoms with E-state index in [-0.39, 0.29) is 0 Å². The topological polar surface area (TPSA) is 86.1 Å². The molecule has 0 aliphatic rings. The van der Waals surface area contributed by atoms with Gasteiger partial charge in [0.05, 0.1) is 21.6 Å². The van der Waals surface area contributed by atoms with Gasteiger partial charge in [0.25, 0.3) is 5.91 Å². The molecule has 5 aromatic rings. The number of anilines is 1. The van der Waals surface area contributed by atoms with E-state index < -0.39 is 18.5 Å². The van der Waals surface area contributed by atoms with Gasteiger partial charge in [0.2, 0.25) is 0 Å². The normalized spacial score (nSPS) is 11.1. The fourth-order valence-corrected chi connectivity index (χ4v) is 4.32. The van der Waals surface area contributed by atoms with E-state index in [2.05, 4.69) is 15.4 Å². The van der Waals surface area contributed by atoms with Crippen LogP contribution in [0.1, 0.15) is 5.01 Å². The molecule has 5 rings (SSSR count). The standard InChI is InChI=1S/C27H20N4O3S/c32-25(18-34-27(33)16-15-26-28-21-13-7-8-14-23(21)35-26)29-24-17-22(19-9-3-1-4-10-19)30-31(24)20-11-5-2-6-12-20/h1-17H,18H2,(H,29,32)/b16-15+. The molecule has 0 atom stereocenters. The van der Waals surface area contributed by atoms with Gasteiger partial charge in [0, 0.05) is 17.7 Å². The van der Waals surface area contributed by atoms with Crippen LogP contribution in [-0.2, 0) is 14.3 Å². The molecule has 35 heavy (non-hydrogen) atoms. The van der Waals surface area contributed by atoms with Gasteiger partial charge < -0.3 is 10.1 Å². The smallest absolute Gasteiger partial charge is 0.331 e. The average molecular weight is 481 g/mol. The highest BCUT2D eigenvalue weighted by Crippen LogP contribution is 2.25. The SMILES string of the molecule is O=C(COC(=O)/C=C/c1nc2ccccc2s1)Nc1cc(-c2ccccc2)nn1-c1ccccc1. The van der Waals surface area contributed by atoms with E-state index in [0.29, 0.717) is 16.5 Å². The molecular formula is C27H20N4O3S. The molecule has 2 aromatic heterocycles. The van der Waals surface area contributed by atoms with Crippen molar-refractivity contribution < 1.29 is 14.3 Å². The van der Waals surface area contributed by atoms with Gasteiger partial charge in [-0.05, 0) is 30.3 Å². The Bertz CT molecular complexity index is 1470. The molecule has 0 aliphatic carbocycles. The van der Waals surface area contributed by atoms with E-state index in [4.69, 9.17) is 4.74 Å². The number of esters is 1. The summed E-state index contributed by atoms with van der Waals surface area (Å²) in [5, 5.41) is 8.14. The second kappa shape index (κ2) is 10.1. The van der Waals surface area contributed by atoms with Crippen molar-refractivity contribution in [3.63, 3.8) is 0 Å². The van der Waals surface area contributed by atoms with Crippen LogP contribution in [0.4, 0.5) is 5.82 Å². The maximum atomic E-state index is 12.6. The number of hydrogen-bond donors (Lipinski definition) is 1. The number of fused-ring (bicyclic) bond motifs is 1. The predicted octanol–water partition coefficient (Wildman–Crippen LogP) is 5.34. The lowest BCUT2D eigenvalue weighted by Crippen LogP contribution is -2.21. The van der Waals surface area contributed by atoms with E-state index in [1.807, 2.05) is 84.9 Å². The quantitative estimate of drug-likeness (QED) is 0.251. The Kier molecular flexibility index (Phi) is 6.45. The lowest BCUT2D eigenvalue weighted by Gasteiger charge is -2.08. The molecular weight excluding hydrogens is 460 g/mol. The summed E-state index contributed by atoms with van der Waals surface area (Å²) in [6.07, 6.45) is 2.86. The van der Waals surface area contributed by atoms with Gasteiger partial charge in [-0.2, -0.15) is 5.10 Å². The Morgan fingerprint density at radius 1 is 0.943 bits per heavy atom. The number of para-hydroxylation sites is 2. The van der Waals surface area contributed by atoms with Gasteiger partial charge >= 0.3 is 5.97 Å². The number of benzene rings is 3. The van der Waals surface area contributed by atoms with Gasteiger partial charge in [0.1, 0.15) is 10.8 Å². The first-order chi connectivity index (χ1) is 17.2. The number of nitrogens with one attached hydrogen (secondary N) is 1. The van der Waals surface area contributed by atoms with Crippen molar-refractivity contribution in [2.45, 2.75) is 0 Å². The summed E-state index contributed by atoms with van der Waals surface area (Å²) >= 11 is 1.47. The first-order valence-corrected chi connectivity index (χ1v) is 11.7. The van der Waals surface area contributed by atoms with Gasteiger partial charge in [-0.3, -0.25) is 4.79 Å². The van der Waals surface area contributed by atoms with Crippen molar-refractivity contribution in [3.8, 4) is 16.9 Å². The summed E-state index contributed by atoms with van der Waals surface area (Å²) in [5.41, 5.74) is 3.29. The minimum absolute atomic E-state index is 0.427. The molecule has 3 aromatic carbocycles. The molecule has 0 aliphatic heterocycles. The second-order valence-electron chi connectivity index (χ2n) is 7.54. The first kappa shape index (κ1) is 22.2. The Morgan fingerprint density at radius 3 is 2.43 bits per heavy atom. The number of ether oxygens (including phenoxy) is 1. The summed E-state index contributed by atoms with van der Waals surface area (Å²) in [6.45, 7) is -0.427. The number of amides is 1. The van der Waals surface area contributed by atoms with Gasteiger partial charge in [-0.25, -0.2) is 14.5 Å². The first-order valence-electron chi connectivity index (χ1n) is 10.9. The zero-order valence-electron chi connectivity index (χ0n) is 18.5. The number of nitrogens with zero attached hydrogens (tertiary/aromatic N) is 3. The van der Waals surface area contributed by atoms with E-state index >= 15 is 0 Å². The van der Waals surface area contributed by atoms with Crippen molar-refractivity contribution in [2.75, 3.05) is 11.9 Å². The third-order valence-electron chi connectivity index (χ3n) is 5.07. The van der Waals surface area contributed by atoms with Crippen LogP contribution in [0.25, 0.3) is 33.2 Å². The molecule has 0 fully saturated rings. The van der Waals surface area contributed by atoms with E-state index in [1.165, 1.54) is 17.4 Å². The van der Waals surface area contributed by atoms with Crippen LogP contribution in [0.15, 0.2) is 97.1 Å². The summed E-state index contributed by atoms with van der Waals surface area (Å²) in [4.78, 5) is 29.1. The minimum atomic E-state index is -0.624. The number of thiazole rings is 1. The molecule has 1 N–H and O–H groups in total. The molecule has 0 spiro atoms. The highest BCUT2D eigenvalue weighted by molar-refractivity contribution is 7.19. The van der Waals surface area contributed by atoms with Gasteiger partial charge in [-0.1, -0.05) is 60.7 Å². The molecule has 0 saturated carbocycles. The van der Waals surface area contributed by atoms with E-state index in [9.17, 15) is 9.59 Å². The lowest BCUT2D eigenvalue weighted by atomic mass is 10.2. The Labute approximate surface area is 205 Å². The molecule has 2 heterocycles.